The van der Waals surface area contributed by atoms with E-state index in [1.165, 1.54) is 25.1 Å². The smallest absolute Gasteiger partial charge is 0.239 e. The molecule has 4 aromatic rings. The van der Waals surface area contributed by atoms with Crippen LogP contribution in [0.25, 0.3) is 22.0 Å². The van der Waals surface area contributed by atoms with Gasteiger partial charge in [0, 0.05) is 39.4 Å². The van der Waals surface area contributed by atoms with Crippen molar-refractivity contribution in [3.63, 3.8) is 0 Å². The Bertz CT molecular complexity index is 1450. The van der Waals surface area contributed by atoms with Crippen molar-refractivity contribution in [2.45, 2.75) is 11.8 Å². The molecular formula is C23H17ClN2O4S. The highest BCUT2D eigenvalue weighted by Crippen LogP contribution is 2.30. The van der Waals surface area contributed by atoms with Crippen molar-refractivity contribution in [3.05, 3.63) is 88.6 Å². The molecule has 0 aliphatic heterocycles. The third kappa shape index (κ3) is 4.03. The van der Waals surface area contributed by atoms with E-state index >= 15 is 0 Å². The summed E-state index contributed by atoms with van der Waals surface area (Å²) < 4.78 is 23.4. The van der Waals surface area contributed by atoms with Gasteiger partial charge in [0.1, 0.15) is 4.90 Å². The van der Waals surface area contributed by atoms with Gasteiger partial charge < -0.3 is 4.98 Å². The average molecular weight is 453 g/mol. The molecule has 0 amide bonds. The van der Waals surface area contributed by atoms with E-state index in [0.29, 0.717) is 11.1 Å². The van der Waals surface area contributed by atoms with Gasteiger partial charge in [-0.05, 0) is 36.8 Å². The van der Waals surface area contributed by atoms with Crippen molar-refractivity contribution in [3.8, 4) is 11.1 Å². The van der Waals surface area contributed by atoms with Gasteiger partial charge in [-0.2, -0.15) is 0 Å². The van der Waals surface area contributed by atoms with Crippen LogP contribution in [0.2, 0.25) is 5.02 Å². The van der Waals surface area contributed by atoms with Crippen molar-refractivity contribution in [2.24, 2.45) is 5.14 Å². The zero-order chi connectivity index (χ0) is 22.3. The summed E-state index contributed by atoms with van der Waals surface area (Å²) in [5, 5.41) is 6.04. The third-order valence-corrected chi connectivity index (χ3v) is 6.44. The number of Topliss-reactive ketones (excluding diaryl/α,β-unsaturated/α-hetero) is 1. The van der Waals surface area contributed by atoms with E-state index in [-0.39, 0.29) is 27.0 Å². The summed E-state index contributed by atoms with van der Waals surface area (Å²) in [5.41, 5.74) is 3.81. The largest absolute Gasteiger partial charge is 0.361 e. The van der Waals surface area contributed by atoms with Crippen molar-refractivity contribution >= 4 is 44.1 Å². The first-order valence-electron chi connectivity index (χ1n) is 9.25. The normalized spacial score (nSPS) is 11.6. The van der Waals surface area contributed by atoms with Crippen LogP contribution in [0.15, 0.2) is 71.8 Å². The summed E-state index contributed by atoms with van der Waals surface area (Å²) in [7, 11) is -4.05. The molecule has 6 nitrogen and oxygen atoms in total. The summed E-state index contributed by atoms with van der Waals surface area (Å²) in [6.07, 6.45) is 1.84. The fourth-order valence-electron chi connectivity index (χ4n) is 3.42. The van der Waals surface area contributed by atoms with Crippen LogP contribution in [-0.2, 0) is 10.0 Å². The molecule has 0 radical (unpaired) electrons. The summed E-state index contributed by atoms with van der Waals surface area (Å²) in [6, 6.07) is 16.5. The molecule has 0 saturated carbocycles. The number of rotatable bonds is 5. The number of ketones is 2. The summed E-state index contributed by atoms with van der Waals surface area (Å²) in [4.78, 5) is 27.3. The molecule has 31 heavy (non-hydrogen) atoms. The number of benzene rings is 3. The van der Waals surface area contributed by atoms with Crippen LogP contribution in [-0.4, -0.2) is 25.0 Å². The standard InChI is InChI=1S/C23H17ClN2O4S/c1-13(27)14-2-4-15(5-3-14)19-12-26-21-10-16(6-8-18(19)21)23(28)17-7-9-20(24)22(11-17)31(25,29)30/h2-12,26H,1H3,(H2,25,29,30). The number of aromatic amines is 1. The van der Waals surface area contributed by atoms with Gasteiger partial charge in [-0.3, -0.25) is 9.59 Å². The summed E-state index contributed by atoms with van der Waals surface area (Å²) >= 11 is 5.90. The Hall–Kier alpha value is -3.26. The van der Waals surface area contributed by atoms with Crippen molar-refractivity contribution in [1.29, 1.82) is 0 Å². The lowest BCUT2D eigenvalue weighted by atomic mass is 9.99. The molecule has 3 aromatic carbocycles. The van der Waals surface area contributed by atoms with Gasteiger partial charge >= 0.3 is 0 Å². The van der Waals surface area contributed by atoms with Crippen molar-refractivity contribution in [2.75, 3.05) is 0 Å². The van der Waals surface area contributed by atoms with Crippen molar-refractivity contribution < 1.29 is 18.0 Å². The van der Waals surface area contributed by atoms with Gasteiger partial charge in [-0.1, -0.05) is 48.0 Å². The first-order valence-corrected chi connectivity index (χ1v) is 11.2. The number of H-pyrrole nitrogens is 1. The van der Waals surface area contributed by atoms with Gasteiger partial charge in [-0.25, -0.2) is 13.6 Å². The zero-order valence-corrected chi connectivity index (χ0v) is 17.9. The Labute approximate surface area is 183 Å². The molecular weight excluding hydrogens is 436 g/mol. The number of hydrogen-bond acceptors (Lipinski definition) is 4. The van der Waals surface area contributed by atoms with E-state index in [9.17, 15) is 18.0 Å². The average Bonchev–Trinajstić information content (AvgIpc) is 3.16. The second kappa shape index (κ2) is 7.77. The van der Waals surface area contributed by atoms with Crippen LogP contribution in [0.4, 0.5) is 0 Å². The Balaban J connectivity index is 1.71. The number of hydrogen-bond donors (Lipinski definition) is 2. The van der Waals surface area contributed by atoms with Gasteiger partial charge in [0.25, 0.3) is 0 Å². The van der Waals surface area contributed by atoms with E-state index in [1.807, 2.05) is 24.4 Å². The van der Waals surface area contributed by atoms with Crippen LogP contribution in [0.5, 0.6) is 0 Å². The molecule has 0 aliphatic rings. The molecule has 0 fully saturated rings. The molecule has 0 saturated heterocycles. The first-order chi connectivity index (χ1) is 14.6. The predicted molar refractivity (Wildman–Crippen MR) is 120 cm³/mol. The Morgan fingerprint density at radius 1 is 0.903 bits per heavy atom. The molecule has 1 heterocycles. The lowest BCUT2D eigenvalue weighted by molar-refractivity contribution is 0.101. The topological polar surface area (TPSA) is 110 Å². The number of aromatic nitrogens is 1. The van der Waals surface area contributed by atoms with E-state index in [4.69, 9.17) is 16.7 Å². The lowest BCUT2D eigenvalue weighted by Gasteiger charge is -2.06. The number of nitrogens with one attached hydrogen (secondary N) is 1. The second-order valence-electron chi connectivity index (χ2n) is 7.12. The van der Waals surface area contributed by atoms with E-state index in [0.717, 1.165) is 22.0 Å². The molecule has 0 spiro atoms. The number of nitrogens with two attached hydrogens (primary N) is 1. The van der Waals surface area contributed by atoms with E-state index in [2.05, 4.69) is 4.98 Å². The number of carbonyl (C=O) groups is 2. The molecule has 3 N–H and O–H groups in total. The molecule has 8 heteroatoms. The highest BCUT2D eigenvalue weighted by Gasteiger charge is 2.18. The predicted octanol–water partition coefficient (Wildman–Crippen LogP) is 4.57. The SMILES string of the molecule is CC(=O)c1ccc(-c2c[nH]c3cc(C(=O)c4ccc(Cl)c(S(N)(=O)=O)c4)ccc23)cc1. The molecule has 4 rings (SSSR count). The summed E-state index contributed by atoms with van der Waals surface area (Å²) in [5.74, 6) is -0.355. The highest BCUT2D eigenvalue weighted by molar-refractivity contribution is 7.89. The van der Waals surface area contributed by atoms with Crippen LogP contribution in [0.3, 0.4) is 0 Å². The minimum absolute atomic E-state index is 0.00132. The quantitative estimate of drug-likeness (QED) is 0.432. The molecule has 0 unspecified atom stereocenters. The van der Waals surface area contributed by atoms with E-state index < -0.39 is 10.0 Å². The highest BCUT2D eigenvalue weighted by atomic mass is 35.5. The van der Waals surface area contributed by atoms with Gasteiger partial charge in [0.05, 0.1) is 5.02 Å². The Morgan fingerprint density at radius 3 is 2.16 bits per heavy atom. The van der Waals surface area contributed by atoms with Gasteiger partial charge in [0.2, 0.25) is 10.0 Å². The second-order valence-corrected chi connectivity index (χ2v) is 9.05. The maximum atomic E-state index is 12.9. The molecule has 0 atom stereocenters. The molecule has 1 aromatic heterocycles. The maximum absolute atomic E-state index is 12.9. The zero-order valence-electron chi connectivity index (χ0n) is 16.3. The fourth-order valence-corrected chi connectivity index (χ4v) is 4.49. The summed E-state index contributed by atoms with van der Waals surface area (Å²) in [6.45, 7) is 1.52. The first kappa shape index (κ1) is 21.0. The minimum atomic E-state index is -4.05. The number of sulfonamides is 1. The minimum Gasteiger partial charge on any atom is -0.361 e. The third-order valence-electron chi connectivity index (χ3n) is 5.05. The fraction of sp³-hybridized carbons (Fsp3) is 0.0435. The van der Waals surface area contributed by atoms with Gasteiger partial charge in [-0.15, -0.1) is 0 Å². The van der Waals surface area contributed by atoms with Crippen LogP contribution in [0.1, 0.15) is 33.2 Å². The number of fused-ring (bicyclic) bond motifs is 1. The van der Waals surface area contributed by atoms with Crippen LogP contribution in [0, 0.1) is 0 Å². The number of carbonyl (C=O) groups excluding carboxylic acids is 2. The number of primary sulfonamides is 1. The molecule has 156 valence electrons. The van der Waals surface area contributed by atoms with Gasteiger partial charge in [0.15, 0.2) is 11.6 Å². The Kier molecular flexibility index (Phi) is 5.26. The molecule has 0 bridgehead atoms. The lowest BCUT2D eigenvalue weighted by Crippen LogP contribution is -2.14. The van der Waals surface area contributed by atoms with Crippen LogP contribution >= 0.6 is 11.6 Å². The number of halogens is 1. The Morgan fingerprint density at radius 2 is 1.52 bits per heavy atom. The van der Waals surface area contributed by atoms with Crippen molar-refractivity contribution in [1.82, 2.24) is 4.98 Å². The maximum Gasteiger partial charge on any atom is 0.239 e. The monoisotopic (exact) mass is 452 g/mol. The van der Waals surface area contributed by atoms with E-state index in [1.54, 1.807) is 24.3 Å². The molecule has 0 aliphatic carbocycles. The van der Waals surface area contributed by atoms with Crippen LogP contribution < -0.4 is 5.14 Å².